The van der Waals surface area contributed by atoms with Crippen molar-refractivity contribution < 1.29 is 14.3 Å². The topological polar surface area (TPSA) is 80.9 Å². The van der Waals surface area contributed by atoms with Crippen LogP contribution in [0.2, 0.25) is 0 Å². The lowest BCUT2D eigenvalue weighted by atomic mass is 10.1. The van der Waals surface area contributed by atoms with Crippen LogP contribution < -0.4 is 0 Å². The van der Waals surface area contributed by atoms with Crippen LogP contribution in [0.5, 0.6) is 0 Å². The van der Waals surface area contributed by atoms with Crippen molar-refractivity contribution in [1.29, 1.82) is 0 Å². The van der Waals surface area contributed by atoms with E-state index in [2.05, 4.69) is 15.5 Å². The summed E-state index contributed by atoms with van der Waals surface area (Å²) in [6.45, 7) is 2.20. The Labute approximate surface area is 115 Å². The normalized spacial score (nSPS) is 12.3. The number of carboxylic acid groups (broad SMARTS) is 1. The number of nitrogens with zero attached hydrogens (tertiary/aromatic N) is 4. The molecular formula is C13H15FN4O2. The molecule has 1 aromatic heterocycles. The molecule has 1 N–H and O–H groups in total. The van der Waals surface area contributed by atoms with Crippen molar-refractivity contribution in [3.8, 4) is 0 Å². The van der Waals surface area contributed by atoms with E-state index in [9.17, 15) is 9.18 Å². The van der Waals surface area contributed by atoms with Gasteiger partial charge in [-0.2, -0.15) is 0 Å². The predicted molar refractivity (Wildman–Crippen MR) is 68.4 cm³/mol. The third kappa shape index (κ3) is 3.59. The van der Waals surface area contributed by atoms with E-state index in [1.165, 1.54) is 10.7 Å². The molecule has 0 spiro atoms. The van der Waals surface area contributed by atoms with E-state index >= 15 is 0 Å². The third-order valence-corrected chi connectivity index (χ3v) is 2.92. The van der Waals surface area contributed by atoms with Gasteiger partial charge in [-0.1, -0.05) is 25.1 Å². The van der Waals surface area contributed by atoms with Crippen molar-refractivity contribution in [2.75, 3.05) is 0 Å². The summed E-state index contributed by atoms with van der Waals surface area (Å²) in [7, 11) is 0. The van der Waals surface area contributed by atoms with Gasteiger partial charge in [0.15, 0.2) is 5.82 Å². The fourth-order valence-corrected chi connectivity index (χ4v) is 1.96. The first-order valence-electron chi connectivity index (χ1n) is 6.26. The highest BCUT2D eigenvalue weighted by Crippen LogP contribution is 2.12. The zero-order valence-corrected chi connectivity index (χ0v) is 11.0. The van der Waals surface area contributed by atoms with E-state index in [4.69, 9.17) is 5.11 Å². The van der Waals surface area contributed by atoms with Crippen molar-refractivity contribution >= 4 is 5.97 Å². The molecule has 106 valence electrons. The molecular weight excluding hydrogens is 263 g/mol. The van der Waals surface area contributed by atoms with E-state index in [1.54, 1.807) is 18.2 Å². The number of benzene rings is 1. The number of aliphatic carboxylic acids is 1. The van der Waals surface area contributed by atoms with Gasteiger partial charge < -0.3 is 5.11 Å². The summed E-state index contributed by atoms with van der Waals surface area (Å²) in [4.78, 5) is 10.6. The zero-order valence-electron chi connectivity index (χ0n) is 11.0. The summed E-state index contributed by atoms with van der Waals surface area (Å²) in [5, 5.41) is 20.0. The molecule has 0 fully saturated rings. The van der Waals surface area contributed by atoms with Gasteiger partial charge in [0.2, 0.25) is 0 Å². The molecule has 0 saturated carbocycles. The maximum Gasteiger partial charge on any atom is 0.303 e. The molecule has 2 rings (SSSR count). The summed E-state index contributed by atoms with van der Waals surface area (Å²) in [5.74, 6) is -0.746. The number of tetrazole rings is 1. The average Bonchev–Trinajstić information content (AvgIpc) is 2.78. The fourth-order valence-electron chi connectivity index (χ4n) is 1.96. The van der Waals surface area contributed by atoms with E-state index < -0.39 is 5.97 Å². The number of carboxylic acids is 1. The van der Waals surface area contributed by atoms with Gasteiger partial charge in [0.05, 0.1) is 0 Å². The standard InChI is InChI=1S/C13H15FN4O2/c1-9(6-13(19)20)8-18-12(15-16-17-18)7-10-4-2-3-5-11(10)14/h2-5,9H,6-8H2,1H3,(H,19,20). The second kappa shape index (κ2) is 6.23. The van der Waals surface area contributed by atoms with E-state index in [-0.39, 0.29) is 24.6 Å². The van der Waals surface area contributed by atoms with Gasteiger partial charge in [-0.3, -0.25) is 4.79 Å². The van der Waals surface area contributed by atoms with Crippen molar-refractivity contribution in [3.63, 3.8) is 0 Å². The average molecular weight is 278 g/mol. The lowest BCUT2D eigenvalue weighted by Crippen LogP contribution is -2.15. The minimum absolute atomic E-state index is 0.0407. The first kappa shape index (κ1) is 14.1. The molecule has 1 aromatic carbocycles. The van der Waals surface area contributed by atoms with Crippen LogP contribution in [-0.2, 0) is 17.8 Å². The van der Waals surface area contributed by atoms with Crippen LogP contribution in [0.3, 0.4) is 0 Å². The first-order chi connectivity index (χ1) is 9.56. The quantitative estimate of drug-likeness (QED) is 0.866. The minimum Gasteiger partial charge on any atom is -0.481 e. The molecule has 0 aliphatic carbocycles. The number of hydrogen-bond donors (Lipinski definition) is 1. The molecule has 0 saturated heterocycles. The smallest absolute Gasteiger partial charge is 0.303 e. The molecule has 6 nitrogen and oxygen atoms in total. The number of aromatic nitrogens is 4. The molecule has 0 bridgehead atoms. The Balaban J connectivity index is 2.09. The van der Waals surface area contributed by atoms with Crippen LogP contribution in [0.25, 0.3) is 0 Å². The van der Waals surface area contributed by atoms with Gasteiger partial charge in [-0.25, -0.2) is 9.07 Å². The minimum atomic E-state index is -0.860. The highest BCUT2D eigenvalue weighted by Gasteiger charge is 2.14. The molecule has 2 aromatic rings. The van der Waals surface area contributed by atoms with Crippen molar-refractivity contribution in [2.24, 2.45) is 5.92 Å². The molecule has 0 amide bonds. The number of carbonyl (C=O) groups is 1. The molecule has 7 heteroatoms. The van der Waals surface area contributed by atoms with Crippen LogP contribution in [0.4, 0.5) is 4.39 Å². The van der Waals surface area contributed by atoms with Gasteiger partial charge in [0.1, 0.15) is 5.82 Å². The Bertz CT molecular complexity index is 600. The Kier molecular flexibility index (Phi) is 4.39. The molecule has 1 atom stereocenters. The maximum absolute atomic E-state index is 13.6. The Hall–Kier alpha value is -2.31. The van der Waals surface area contributed by atoms with Gasteiger partial charge >= 0.3 is 5.97 Å². The highest BCUT2D eigenvalue weighted by molar-refractivity contribution is 5.66. The maximum atomic E-state index is 13.6. The summed E-state index contributed by atoms with van der Waals surface area (Å²) in [6.07, 6.45) is 0.318. The van der Waals surface area contributed by atoms with Gasteiger partial charge in [0, 0.05) is 19.4 Å². The number of rotatable bonds is 6. The fraction of sp³-hybridized carbons (Fsp3) is 0.385. The lowest BCUT2D eigenvalue weighted by Gasteiger charge is -2.10. The van der Waals surface area contributed by atoms with Gasteiger partial charge in [0.25, 0.3) is 0 Å². The van der Waals surface area contributed by atoms with Crippen LogP contribution >= 0.6 is 0 Å². The van der Waals surface area contributed by atoms with Gasteiger partial charge in [-0.15, -0.1) is 5.10 Å². The second-order valence-electron chi connectivity index (χ2n) is 4.75. The Morgan fingerprint density at radius 1 is 1.45 bits per heavy atom. The molecule has 20 heavy (non-hydrogen) atoms. The predicted octanol–water partition coefficient (Wildman–Crippen LogP) is 1.51. The van der Waals surface area contributed by atoms with Crippen LogP contribution in [-0.4, -0.2) is 31.3 Å². The molecule has 0 aliphatic heterocycles. The molecule has 1 heterocycles. The number of halogens is 1. The summed E-state index contributed by atoms with van der Waals surface area (Å²) in [6, 6.07) is 6.43. The Morgan fingerprint density at radius 2 is 2.20 bits per heavy atom. The summed E-state index contributed by atoms with van der Waals surface area (Å²) >= 11 is 0. The van der Waals surface area contributed by atoms with Crippen LogP contribution in [0, 0.1) is 11.7 Å². The van der Waals surface area contributed by atoms with Crippen molar-refractivity contribution in [1.82, 2.24) is 20.2 Å². The Morgan fingerprint density at radius 3 is 2.90 bits per heavy atom. The van der Waals surface area contributed by atoms with E-state index in [0.29, 0.717) is 17.9 Å². The largest absolute Gasteiger partial charge is 0.481 e. The summed E-state index contributed by atoms with van der Waals surface area (Å²) < 4.78 is 15.1. The first-order valence-corrected chi connectivity index (χ1v) is 6.26. The van der Waals surface area contributed by atoms with Gasteiger partial charge in [-0.05, 0) is 28.0 Å². The van der Waals surface area contributed by atoms with E-state index in [1.807, 2.05) is 6.92 Å². The lowest BCUT2D eigenvalue weighted by molar-refractivity contribution is -0.138. The van der Waals surface area contributed by atoms with Crippen molar-refractivity contribution in [2.45, 2.75) is 26.3 Å². The SMILES string of the molecule is CC(CC(=O)O)Cn1nnnc1Cc1ccccc1F. The second-order valence-corrected chi connectivity index (χ2v) is 4.75. The van der Waals surface area contributed by atoms with E-state index in [0.717, 1.165) is 0 Å². The van der Waals surface area contributed by atoms with Crippen LogP contribution in [0.15, 0.2) is 24.3 Å². The molecule has 1 unspecified atom stereocenters. The highest BCUT2D eigenvalue weighted by atomic mass is 19.1. The monoisotopic (exact) mass is 278 g/mol. The van der Waals surface area contributed by atoms with Crippen molar-refractivity contribution in [3.05, 3.63) is 41.5 Å². The molecule has 0 radical (unpaired) electrons. The molecule has 0 aliphatic rings. The summed E-state index contributed by atoms with van der Waals surface area (Å²) in [5.41, 5.74) is 0.509. The van der Waals surface area contributed by atoms with Crippen LogP contribution in [0.1, 0.15) is 24.7 Å². The zero-order chi connectivity index (χ0) is 14.5. The number of hydrogen-bond acceptors (Lipinski definition) is 4. The third-order valence-electron chi connectivity index (χ3n) is 2.92.